The van der Waals surface area contributed by atoms with Crippen molar-refractivity contribution >= 4 is 44.8 Å². The maximum Gasteiger partial charge on any atom is 0.246 e. The molecule has 0 spiro atoms. The van der Waals surface area contributed by atoms with Crippen LogP contribution < -0.4 is 0 Å². The summed E-state index contributed by atoms with van der Waals surface area (Å²) in [6.45, 7) is 8.98. The number of hydrogen-bond donors (Lipinski definition) is 0. The maximum atomic E-state index is 13.9. The Morgan fingerprint density at radius 1 is 1.00 bits per heavy atom. The number of rotatable bonds is 5. The number of halogens is 3. The third-order valence-corrected chi connectivity index (χ3v) is 9.68. The van der Waals surface area contributed by atoms with Crippen molar-refractivity contribution in [1.29, 1.82) is 0 Å². The molecule has 2 aliphatic rings. The molecule has 2 aromatic rings. The first kappa shape index (κ1) is 25.2. The normalized spacial score (nSPS) is 23.1. The predicted molar refractivity (Wildman–Crippen MR) is 136 cm³/mol. The smallest absolute Gasteiger partial charge is 0.246 e. The van der Waals surface area contributed by atoms with Gasteiger partial charge >= 0.3 is 0 Å². The molecule has 180 valence electrons. The highest BCUT2D eigenvalue weighted by atomic mass is 35.5. The number of piperazine rings is 1. The first-order chi connectivity index (χ1) is 15.6. The van der Waals surface area contributed by atoms with Crippen molar-refractivity contribution in [3.63, 3.8) is 0 Å². The van der Waals surface area contributed by atoms with Crippen molar-refractivity contribution in [2.24, 2.45) is 0 Å². The van der Waals surface area contributed by atoms with Crippen LogP contribution in [0, 0.1) is 6.92 Å². The van der Waals surface area contributed by atoms with Gasteiger partial charge < -0.3 is 0 Å². The number of nitrogens with zero attached hydrogens (tertiary/aromatic N) is 3. The second-order valence-corrected chi connectivity index (χ2v) is 12.4. The lowest BCUT2D eigenvalue weighted by atomic mass is 9.98. The Bertz CT molecular complexity index is 1090. The van der Waals surface area contributed by atoms with Crippen molar-refractivity contribution in [1.82, 2.24) is 14.1 Å². The monoisotopic (exact) mass is 529 g/mol. The molecule has 2 atom stereocenters. The fourth-order valence-electron chi connectivity index (χ4n) is 5.06. The first-order valence-electron chi connectivity index (χ1n) is 11.3. The molecule has 2 unspecified atom stereocenters. The molecule has 2 fully saturated rings. The van der Waals surface area contributed by atoms with E-state index in [4.69, 9.17) is 34.8 Å². The van der Waals surface area contributed by atoms with E-state index in [1.807, 2.05) is 12.1 Å². The zero-order chi connectivity index (χ0) is 23.9. The Kier molecular flexibility index (Phi) is 7.66. The fraction of sp³-hybridized carbons (Fsp3) is 0.500. The number of fused-ring (bicyclic) bond motifs is 1. The molecular weight excluding hydrogens is 501 g/mol. The van der Waals surface area contributed by atoms with Crippen LogP contribution in [0.15, 0.2) is 41.3 Å². The first-order valence-corrected chi connectivity index (χ1v) is 13.9. The maximum absolute atomic E-state index is 13.9. The topological polar surface area (TPSA) is 43.9 Å². The van der Waals surface area contributed by atoms with Crippen LogP contribution in [-0.4, -0.2) is 67.0 Å². The number of hydrogen-bond acceptors (Lipinski definition) is 4. The number of aryl methyl sites for hydroxylation is 1. The summed E-state index contributed by atoms with van der Waals surface area (Å²) in [5, 5.41) is 1.32. The van der Waals surface area contributed by atoms with Gasteiger partial charge in [-0.1, -0.05) is 46.9 Å². The van der Waals surface area contributed by atoms with Crippen molar-refractivity contribution in [3.8, 4) is 0 Å². The molecular formula is C24H30Cl3N3O2S. The van der Waals surface area contributed by atoms with Crippen LogP contribution in [0.25, 0.3) is 0 Å². The summed E-state index contributed by atoms with van der Waals surface area (Å²) in [5.41, 5.74) is 1.77. The van der Waals surface area contributed by atoms with Crippen LogP contribution in [0.2, 0.25) is 15.1 Å². The van der Waals surface area contributed by atoms with E-state index in [9.17, 15) is 8.42 Å². The van der Waals surface area contributed by atoms with Gasteiger partial charge in [-0.2, -0.15) is 4.31 Å². The molecule has 5 nitrogen and oxygen atoms in total. The van der Waals surface area contributed by atoms with Crippen LogP contribution in [0.4, 0.5) is 0 Å². The van der Waals surface area contributed by atoms with Crippen LogP contribution in [0.5, 0.6) is 0 Å². The van der Waals surface area contributed by atoms with Crippen LogP contribution >= 0.6 is 34.8 Å². The van der Waals surface area contributed by atoms with E-state index in [1.165, 1.54) is 11.6 Å². The van der Waals surface area contributed by atoms with E-state index in [0.29, 0.717) is 29.7 Å². The zero-order valence-corrected chi connectivity index (χ0v) is 22.2. The average Bonchev–Trinajstić information content (AvgIpc) is 2.73. The average molecular weight is 531 g/mol. The third-order valence-electron chi connectivity index (χ3n) is 6.70. The van der Waals surface area contributed by atoms with Gasteiger partial charge in [0, 0.05) is 48.3 Å². The summed E-state index contributed by atoms with van der Waals surface area (Å²) in [4.78, 5) is 4.91. The van der Waals surface area contributed by atoms with Gasteiger partial charge in [0.1, 0.15) is 4.90 Å². The summed E-state index contributed by atoms with van der Waals surface area (Å²) >= 11 is 18.6. The summed E-state index contributed by atoms with van der Waals surface area (Å²) in [6.07, 6.45) is 1.37. The molecule has 9 heteroatoms. The molecule has 0 amide bonds. The molecule has 0 bridgehead atoms. The fourth-order valence-corrected chi connectivity index (χ4v) is 7.96. The number of benzene rings is 2. The molecule has 0 saturated carbocycles. The Morgan fingerprint density at radius 2 is 1.70 bits per heavy atom. The zero-order valence-electron chi connectivity index (χ0n) is 19.1. The highest BCUT2D eigenvalue weighted by Gasteiger charge is 2.45. The minimum atomic E-state index is -3.80. The van der Waals surface area contributed by atoms with Crippen LogP contribution in [0.1, 0.15) is 31.4 Å². The summed E-state index contributed by atoms with van der Waals surface area (Å²) < 4.78 is 29.5. The minimum absolute atomic E-state index is 0.159. The van der Waals surface area contributed by atoms with E-state index in [2.05, 4.69) is 35.8 Å². The van der Waals surface area contributed by atoms with E-state index in [0.717, 1.165) is 31.0 Å². The molecule has 2 aromatic carbocycles. The summed E-state index contributed by atoms with van der Waals surface area (Å²) in [5.74, 6) is 0. The molecule has 2 aliphatic heterocycles. The molecule has 0 N–H and O–H groups in total. The van der Waals surface area contributed by atoms with Gasteiger partial charge in [-0.05, 0) is 69.0 Å². The second kappa shape index (κ2) is 10.0. The predicted octanol–water partition coefficient (Wildman–Crippen LogP) is 5.31. The Hall–Kier alpha value is -0.860. The highest BCUT2D eigenvalue weighted by Crippen LogP contribution is 2.35. The Morgan fingerprint density at radius 3 is 2.33 bits per heavy atom. The standard InChI is InChI=1S/C24H30Cl3N3O2S/c1-16(2)28-14-21(12-18-5-7-19(25)8-6-18)29-9-4-10-30(23(29)15-28)33(31,32)24-17(3)11-20(26)13-22(24)27/h5-8,11,13,16,21,23H,4,9-10,12,14-15H2,1-3H3. The van der Waals surface area contributed by atoms with Gasteiger partial charge in [0.15, 0.2) is 0 Å². The van der Waals surface area contributed by atoms with Crippen LogP contribution in [-0.2, 0) is 16.4 Å². The quantitative estimate of drug-likeness (QED) is 0.525. The van der Waals surface area contributed by atoms with Gasteiger partial charge in [-0.25, -0.2) is 8.42 Å². The molecule has 2 saturated heterocycles. The molecule has 0 radical (unpaired) electrons. The lowest BCUT2D eigenvalue weighted by Crippen LogP contribution is -2.68. The minimum Gasteiger partial charge on any atom is -0.296 e. The third kappa shape index (κ3) is 5.22. The second-order valence-electron chi connectivity index (χ2n) is 9.25. The van der Waals surface area contributed by atoms with Gasteiger partial charge in [0.25, 0.3) is 0 Å². The Labute approximate surface area is 212 Å². The van der Waals surface area contributed by atoms with Crippen molar-refractivity contribution in [3.05, 3.63) is 62.6 Å². The largest absolute Gasteiger partial charge is 0.296 e. The lowest BCUT2D eigenvalue weighted by Gasteiger charge is -2.53. The van der Waals surface area contributed by atoms with Gasteiger partial charge in [-0.3, -0.25) is 9.80 Å². The Balaban J connectivity index is 1.69. The van der Waals surface area contributed by atoms with E-state index < -0.39 is 10.0 Å². The molecule has 33 heavy (non-hydrogen) atoms. The summed E-state index contributed by atoms with van der Waals surface area (Å²) in [6, 6.07) is 11.6. The SMILES string of the molecule is Cc1cc(Cl)cc(Cl)c1S(=O)(=O)N1CCCN2C(Cc3ccc(Cl)cc3)CN(C(C)C)CC21. The van der Waals surface area contributed by atoms with Gasteiger partial charge in [0.2, 0.25) is 10.0 Å². The van der Waals surface area contributed by atoms with Gasteiger partial charge in [-0.15, -0.1) is 0 Å². The molecule has 2 heterocycles. The van der Waals surface area contributed by atoms with Gasteiger partial charge in [0.05, 0.1) is 11.2 Å². The highest BCUT2D eigenvalue weighted by molar-refractivity contribution is 7.89. The molecule has 0 aliphatic carbocycles. The number of sulfonamides is 1. The van der Waals surface area contributed by atoms with Crippen LogP contribution in [0.3, 0.4) is 0 Å². The lowest BCUT2D eigenvalue weighted by molar-refractivity contribution is -0.0563. The molecule has 4 rings (SSSR count). The van der Waals surface area contributed by atoms with E-state index in [1.54, 1.807) is 17.3 Å². The van der Waals surface area contributed by atoms with E-state index >= 15 is 0 Å². The van der Waals surface area contributed by atoms with E-state index in [-0.39, 0.29) is 22.1 Å². The summed E-state index contributed by atoms with van der Waals surface area (Å²) in [7, 11) is -3.80. The van der Waals surface area contributed by atoms with Crippen molar-refractivity contribution in [2.45, 2.75) is 56.8 Å². The molecule has 0 aromatic heterocycles. The van der Waals surface area contributed by atoms with Crippen molar-refractivity contribution < 1.29 is 8.42 Å². The van der Waals surface area contributed by atoms with Crippen molar-refractivity contribution in [2.75, 3.05) is 26.2 Å².